The number of carbonyl (C=O) groups is 1. The predicted octanol–water partition coefficient (Wildman–Crippen LogP) is 1.60. The molecule has 1 aliphatic carbocycles. The van der Waals surface area contributed by atoms with E-state index in [1.165, 1.54) is 9.13 Å². The molecule has 0 unspecified atom stereocenters. The molecule has 1 amide bonds. The van der Waals surface area contributed by atoms with E-state index < -0.39 is 5.69 Å². The standard InChI is InChI=1S/C17H16N4O4S/c1-25-12-4-2-3-10(7-12)18-14(22)8-20-13-9-26-19-15(13)16(23)21(17(20)24)11-5-6-11/h2-4,7,9,11H,5-6,8H2,1H3,(H,18,22). The number of amides is 1. The minimum atomic E-state index is -0.467. The maximum atomic E-state index is 12.8. The lowest BCUT2D eigenvalue weighted by atomic mass is 10.3. The van der Waals surface area contributed by atoms with Gasteiger partial charge in [-0.2, -0.15) is 4.37 Å². The first-order chi connectivity index (χ1) is 12.6. The fourth-order valence-corrected chi connectivity index (χ4v) is 3.53. The van der Waals surface area contributed by atoms with Gasteiger partial charge >= 0.3 is 5.69 Å². The summed E-state index contributed by atoms with van der Waals surface area (Å²) in [5, 5.41) is 4.36. The molecular weight excluding hydrogens is 356 g/mol. The summed E-state index contributed by atoms with van der Waals surface area (Å²) in [6.45, 7) is -0.196. The number of nitrogens with one attached hydrogen (secondary N) is 1. The van der Waals surface area contributed by atoms with Crippen molar-refractivity contribution in [3.05, 3.63) is 50.5 Å². The Kier molecular flexibility index (Phi) is 4.08. The molecule has 2 heterocycles. The number of rotatable bonds is 5. The van der Waals surface area contributed by atoms with Crippen molar-refractivity contribution in [2.24, 2.45) is 0 Å². The number of ether oxygens (including phenoxy) is 1. The van der Waals surface area contributed by atoms with Crippen LogP contribution >= 0.6 is 11.5 Å². The van der Waals surface area contributed by atoms with Crippen LogP contribution in [0, 0.1) is 0 Å². The van der Waals surface area contributed by atoms with Crippen LogP contribution in [0.25, 0.3) is 11.0 Å². The number of aromatic nitrogens is 3. The molecule has 1 fully saturated rings. The van der Waals surface area contributed by atoms with Gasteiger partial charge < -0.3 is 10.1 Å². The van der Waals surface area contributed by atoms with Crippen LogP contribution < -0.4 is 21.3 Å². The predicted molar refractivity (Wildman–Crippen MR) is 98.0 cm³/mol. The third kappa shape index (κ3) is 2.90. The average Bonchev–Trinajstić information content (AvgIpc) is 3.33. The van der Waals surface area contributed by atoms with Gasteiger partial charge in [-0.3, -0.25) is 18.7 Å². The molecule has 3 aromatic rings. The summed E-state index contributed by atoms with van der Waals surface area (Å²) < 4.78 is 11.8. The van der Waals surface area contributed by atoms with E-state index in [9.17, 15) is 14.4 Å². The number of hydrogen-bond acceptors (Lipinski definition) is 6. The van der Waals surface area contributed by atoms with Gasteiger partial charge in [0.05, 0.1) is 12.6 Å². The highest BCUT2D eigenvalue weighted by Crippen LogP contribution is 2.32. The van der Waals surface area contributed by atoms with Gasteiger partial charge in [0.1, 0.15) is 12.3 Å². The first kappa shape index (κ1) is 16.5. The summed E-state index contributed by atoms with van der Waals surface area (Å²) in [6, 6.07) is 6.86. The lowest BCUT2D eigenvalue weighted by Gasteiger charge is -2.12. The Morgan fingerprint density at radius 3 is 2.92 bits per heavy atom. The zero-order valence-electron chi connectivity index (χ0n) is 14.0. The molecule has 8 nitrogen and oxygen atoms in total. The average molecular weight is 372 g/mol. The lowest BCUT2D eigenvalue weighted by molar-refractivity contribution is -0.116. The summed E-state index contributed by atoms with van der Waals surface area (Å²) in [6.07, 6.45) is 1.58. The molecule has 134 valence electrons. The van der Waals surface area contributed by atoms with Gasteiger partial charge in [-0.15, -0.1) is 0 Å². The second-order valence-corrected chi connectivity index (χ2v) is 6.73. The summed E-state index contributed by atoms with van der Waals surface area (Å²) >= 11 is 1.10. The van der Waals surface area contributed by atoms with Gasteiger partial charge in [0, 0.05) is 23.2 Å². The zero-order valence-corrected chi connectivity index (χ0v) is 14.8. The van der Waals surface area contributed by atoms with Crippen molar-refractivity contribution in [3.63, 3.8) is 0 Å². The smallest absolute Gasteiger partial charge is 0.332 e. The van der Waals surface area contributed by atoms with Crippen molar-refractivity contribution in [2.45, 2.75) is 25.4 Å². The van der Waals surface area contributed by atoms with E-state index in [1.54, 1.807) is 36.8 Å². The number of carbonyl (C=O) groups excluding carboxylic acids is 1. The first-order valence-electron chi connectivity index (χ1n) is 8.12. The molecular formula is C17H16N4O4S. The van der Waals surface area contributed by atoms with Crippen molar-refractivity contribution in [1.29, 1.82) is 0 Å². The monoisotopic (exact) mass is 372 g/mol. The highest BCUT2D eigenvalue weighted by Gasteiger charge is 2.29. The minimum Gasteiger partial charge on any atom is -0.497 e. The van der Waals surface area contributed by atoms with E-state index in [0.29, 0.717) is 17.0 Å². The quantitative estimate of drug-likeness (QED) is 0.734. The Bertz CT molecular complexity index is 1110. The van der Waals surface area contributed by atoms with Crippen molar-refractivity contribution < 1.29 is 9.53 Å². The summed E-state index contributed by atoms with van der Waals surface area (Å²) in [5.74, 6) is 0.250. The van der Waals surface area contributed by atoms with Crippen LogP contribution in [0.15, 0.2) is 39.2 Å². The Morgan fingerprint density at radius 1 is 1.38 bits per heavy atom. The molecule has 9 heteroatoms. The zero-order chi connectivity index (χ0) is 18.3. The molecule has 0 atom stereocenters. The van der Waals surface area contributed by atoms with Gasteiger partial charge in [0.25, 0.3) is 5.56 Å². The van der Waals surface area contributed by atoms with Crippen LogP contribution in [0.4, 0.5) is 5.69 Å². The van der Waals surface area contributed by atoms with E-state index >= 15 is 0 Å². The molecule has 2 aromatic heterocycles. The molecule has 1 N–H and O–H groups in total. The van der Waals surface area contributed by atoms with Crippen LogP contribution in [-0.4, -0.2) is 26.5 Å². The number of hydrogen-bond donors (Lipinski definition) is 1. The molecule has 0 spiro atoms. The highest BCUT2D eigenvalue weighted by molar-refractivity contribution is 7.04. The molecule has 1 aromatic carbocycles. The number of nitrogens with zero attached hydrogens (tertiary/aromatic N) is 3. The van der Waals surface area contributed by atoms with E-state index in [4.69, 9.17) is 4.74 Å². The Hall–Kier alpha value is -2.94. The largest absolute Gasteiger partial charge is 0.497 e. The Balaban J connectivity index is 1.68. The third-order valence-electron chi connectivity index (χ3n) is 4.27. The Labute approximate surface area is 151 Å². The maximum absolute atomic E-state index is 12.8. The van der Waals surface area contributed by atoms with Crippen molar-refractivity contribution >= 4 is 34.2 Å². The van der Waals surface area contributed by atoms with Gasteiger partial charge in [-0.25, -0.2) is 4.79 Å². The second-order valence-electron chi connectivity index (χ2n) is 6.10. The molecule has 1 aliphatic rings. The topological polar surface area (TPSA) is 95.2 Å². The molecule has 0 saturated heterocycles. The number of fused-ring (bicyclic) bond motifs is 1. The van der Waals surface area contributed by atoms with Crippen LogP contribution in [0.1, 0.15) is 18.9 Å². The second kappa shape index (κ2) is 6.41. The van der Waals surface area contributed by atoms with Crippen LogP contribution in [-0.2, 0) is 11.3 Å². The minimum absolute atomic E-state index is 0.0891. The van der Waals surface area contributed by atoms with Gasteiger partial charge in [-0.1, -0.05) is 6.07 Å². The normalized spacial score (nSPS) is 13.7. The maximum Gasteiger partial charge on any atom is 0.332 e. The highest BCUT2D eigenvalue weighted by atomic mass is 32.1. The molecule has 0 bridgehead atoms. The molecule has 1 saturated carbocycles. The summed E-state index contributed by atoms with van der Waals surface area (Å²) in [4.78, 5) is 37.7. The van der Waals surface area contributed by atoms with Crippen LogP contribution in [0.3, 0.4) is 0 Å². The number of anilines is 1. The number of methoxy groups -OCH3 is 1. The fraction of sp³-hybridized carbons (Fsp3) is 0.294. The summed E-state index contributed by atoms with van der Waals surface area (Å²) in [7, 11) is 1.54. The molecule has 4 rings (SSSR count). The number of benzene rings is 1. The van der Waals surface area contributed by atoms with Gasteiger partial charge in [0.2, 0.25) is 5.91 Å². The summed E-state index contributed by atoms with van der Waals surface area (Å²) in [5.41, 5.74) is 0.347. The van der Waals surface area contributed by atoms with Crippen molar-refractivity contribution in [3.8, 4) is 5.75 Å². The van der Waals surface area contributed by atoms with Gasteiger partial charge in [-0.05, 0) is 36.5 Å². The van der Waals surface area contributed by atoms with E-state index in [2.05, 4.69) is 9.69 Å². The first-order valence-corrected chi connectivity index (χ1v) is 8.95. The van der Waals surface area contributed by atoms with E-state index in [0.717, 1.165) is 24.4 Å². The van der Waals surface area contributed by atoms with E-state index in [-0.39, 0.29) is 29.6 Å². The molecule has 0 aliphatic heterocycles. The Morgan fingerprint density at radius 2 is 2.19 bits per heavy atom. The van der Waals surface area contributed by atoms with Crippen molar-refractivity contribution in [2.75, 3.05) is 12.4 Å². The van der Waals surface area contributed by atoms with Crippen LogP contribution in [0.2, 0.25) is 0 Å². The lowest BCUT2D eigenvalue weighted by Crippen LogP contribution is -2.41. The van der Waals surface area contributed by atoms with Gasteiger partial charge in [0.15, 0.2) is 5.52 Å². The van der Waals surface area contributed by atoms with Crippen molar-refractivity contribution in [1.82, 2.24) is 13.5 Å². The van der Waals surface area contributed by atoms with Crippen LogP contribution in [0.5, 0.6) is 5.75 Å². The third-order valence-corrected chi connectivity index (χ3v) is 4.88. The fourth-order valence-electron chi connectivity index (χ4n) is 2.86. The molecule has 0 radical (unpaired) electrons. The SMILES string of the molecule is COc1cccc(NC(=O)Cn2c(=O)n(C3CC3)c(=O)c3nscc32)c1. The van der Waals surface area contributed by atoms with E-state index in [1.807, 2.05) is 0 Å². The molecule has 26 heavy (non-hydrogen) atoms.